The molecule has 0 unspecified atom stereocenters. The molecule has 2 heterocycles. The lowest BCUT2D eigenvalue weighted by atomic mass is 10.1. The Morgan fingerprint density at radius 1 is 1.08 bits per heavy atom. The van der Waals surface area contributed by atoms with Crippen LogP contribution in [-0.4, -0.2) is 19.4 Å². The molecule has 0 spiro atoms. The van der Waals surface area contributed by atoms with Crippen LogP contribution in [0, 0.1) is 6.92 Å². The van der Waals surface area contributed by atoms with E-state index in [-0.39, 0.29) is 12.6 Å². The zero-order chi connectivity index (χ0) is 17.4. The molecular weight excluding hydrogens is 324 g/mol. The molecule has 6 heteroatoms. The fourth-order valence-corrected chi connectivity index (χ4v) is 2.74. The molecule has 128 valence electrons. The van der Waals surface area contributed by atoms with Gasteiger partial charge in [0.1, 0.15) is 17.1 Å². The van der Waals surface area contributed by atoms with Gasteiger partial charge in [-0.05, 0) is 44.2 Å². The number of carbonyl (C=O) groups is 1. The van der Waals surface area contributed by atoms with E-state index < -0.39 is 5.97 Å². The zero-order valence-corrected chi connectivity index (χ0v) is 13.8. The van der Waals surface area contributed by atoms with Crippen molar-refractivity contribution in [1.29, 1.82) is 0 Å². The number of fused-ring (bicyclic) bond motifs is 2. The first-order chi connectivity index (χ1) is 12.2. The minimum atomic E-state index is -0.564. The van der Waals surface area contributed by atoms with Crippen molar-refractivity contribution in [3.63, 3.8) is 0 Å². The van der Waals surface area contributed by atoms with E-state index in [9.17, 15) is 4.79 Å². The van der Waals surface area contributed by atoms with Crippen molar-refractivity contribution in [3.8, 4) is 23.0 Å². The number of ether oxygens (including phenoxy) is 4. The smallest absolute Gasteiger partial charge is 0.379 e. The molecule has 2 aromatic carbocycles. The van der Waals surface area contributed by atoms with Gasteiger partial charge in [-0.3, -0.25) is 0 Å². The molecule has 3 aromatic rings. The summed E-state index contributed by atoms with van der Waals surface area (Å²) in [4.78, 5) is 12.5. The number of esters is 1. The Bertz CT molecular complexity index is 956. The largest absolute Gasteiger partial charge is 0.494 e. The van der Waals surface area contributed by atoms with E-state index in [2.05, 4.69) is 0 Å². The first-order valence-corrected chi connectivity index (χ1v) is 7.93. The summed E-state index contributed by atoms with van der Waals surface area (Å²) in [6, 6.07) is 10.4. The molecule has 1 aliphatic rings. The molecule has 0 bridgehead atoms. The first kappa shape index (κ1) is 15.4. The molecule has 0 atom stereocenters. The van der Waals surface area contributed by atoms with Crippen LogP contribution in [-0.2, 0) is 0 Å². The Kier molecular flexibility index (Phi) is 3.72. The maximum Gasteiger partial charge on any atom is 0.379 e. The number of hydrogen-bond acceptors (Lipinski definition) is 6. The highest BCUT2D eigenvalue weighted by Crippen LogP contribution is 2.36. The number of benzene rings is 2. The third-order valence-corrected chi connectivity index (χ3v) is 3.96. The summed E-state index contributed by atoms with van der Waals surface area (Å²) < 4.78 is 27.1. The summed E-state index contributed by atoms with van der Waals surface area (Å²) in [6.07, 6.45) is 0. The summed E-state index contributed by atoms with van der Waals surface area (Å²) in [5.41, 5.74) is 1.32. The van der Waals surface area contributed by atoms with Gasteiger partial charge in [-0.25, -0.2) is 4.79 Å². The maximum absolute atomic E-state index is 12.5. The molecule has 4 rings (SSSR count). The van der Waals surface area contributed by atoms with Gasteiger partial charge in [-0.1, -0.05) is 0 Å². The molecule has 1 aromatic heterocycles. The van der Waals surface area contributed by atoms with E-state index in [0.717, 1.165) is 11.1 Å². The van der Waals surface area contributed by atoms with Gasteiger partial charge >= 0.3 is 5.97 Å². The van der Waals surface area contributed by atoms with Crippen molar-refractivity contribution in [2.75, 3.05) is 13.4 Å². The molecule has 0 radical (unpaired) electrons. The Morgan fingerprint density at radius 2 is 1.88 bits per heavy atom. The average molecular weight is 340 g/mol. The van der Waals surface area contributed by atoms with Crippen molar-refractivity contribution in [2.24, 2.45) is 0 Å². The van der Waals surface area contributed by atoms with E-state index in [1.165, 1.54) is 0 Å². The molecular formula is C19H16O6. The van der Waals surface area contributed by atoms with Gasteiger partial charge in [0.05, 0.1) is 6.61 Å². The average Bonchev–Trinajstić information content (AvgIpc) is 3.20. The number of aryl methyl sites for hydroxylation is 1. The second-order valence-electron chi connectivity index (χ2n) is 5.55. The molecule has 0 fully saturated rings. The lowest BCUT2D eigenvalue weighted by molar-refractivity contribution is 0.0702. The molecule has 0 aliphatic carbocycles. The minimum absolute atomic E-state index is 0.164. The predicted molar refractivity (Wildman–Crippen MR) is 89.6 cm³/mol. The van der Waals surface area contributed by atoms with Gasteiger partial charge in [0.15, 0.2) is 11.5 Å². The Labute approximate surface area is 143 Å². The lowest BCUT2D eigenvalue weighted by Gasteiger charge is -2.04. The van der Waals surface area contributed by atoms with Crippen molar-refractivity contribution in [1.82, 2.24) is 0 Å². The van der Waals surface area contributed by atoms with Crippen LogP contribution < -0.4 is 18.9 Å². The third-order valence-electron chi connectivity index (χ3n) is 3.96. The van der Waals surface area contributed by atoms with Crippen LogP contribution >= 0.6 is 0 Å². The van der Waals surface area contributed by atoms with Crippen LogP contribution in [0.4, 0.5) is 0 Å². The van der Waals surface area contributed by atoms with Crippen LogP contribution in [0.5, 0.6) is 23.0 Å². The first-order valence-electron chi connectivity index (χ1n) is 7.93. The van der Waals surface area contributed by atoms with E-state index >= 15 is 0 Å². The molecule has 1 aliphatic heterocycles. The van der Waals surface area contributed by atoms with Crippen molar-refractivity contribution >= 4 is 16.9 Å². The van der Waals surface area contributed by atoms with Gasteiger partial charge in [0, 0.05) is 17.0 Å². The number of rotatable bonds is 4. The van der Waals surface area contributed by atoms with Gasteiger partial charge < -0.3 is 23.4 Å². The standard InChI is InChI=1S/C19H16O6/c1-3-21-12-4-6-15-14(8-12)11(2)18(25-15)19(20)24-13-5-7-16-17(9-13)23-10-22-16/h4-9H,3,10H2,1-2H3. The number of furan rings is 1. The third kappa shape index (κ3) is 2.76. The molecule has 25 heavy (non-hydrogen) atoms. The van der Waals surface area contributed by atoms with Gasteiger partial charge in [0.2, 0.25) is 12.6 Å². The minimum Gasteiger partial charge on any atom is -0.494 e. The monoisotopic (exact) mass is 340 g/mol. The van der Waals surface area contributed by atoms with E-state index in [0.29, 0.717) is 35.0 Å². The van der Waals surface area contributed by atoms with Crippen molar-refractivity contribution in [2.45, 2.75) is 13.8 Å². The Morgan fingerprint density at radius 3 is 2.72 bits per heavy atom. The molecule has 0 saturated heterocycles. The molecule has 0 amide bonds. The highest BCUT2D eigenvalue weighted by atomic mass is 16.7. The SMILES string of the molecule is CCOc1ccc2oc(C(=O)Oc3ccc4c(c3)OCO4)c(C)c2c1. The van der Waals surface area contributed by atoms with Crippen LogP contribution in [0.1, 0.15) is 23.0 Å². The van der Waals surface area contributed by atoms with Crippen LogP contribution in [0.2, 0.25) is 0 Å². The number of carbonyl (C=O) groups excluding carboxylic acids is 1. The second kappa shape index (κ2) is 6.05. The summed E-state index contributed by atoms with van der Waals surface area (Å²) in [7, 11) is 0. The molecule has 6 nitrogen and oxygen atoms in total. The fraction of sp³-hybridized carbons (Fsp3) is 0.211. The van der Waals surface area contributed by atoms with Crippen LogP contribution in [0.25, 0.3) is 11.0 Å². The normalized spacial score (nSPS) is 12.4. The molecule has 0 N–H and O–H groups in total. The predicted octanol–water partition coefficient (Wildman–Crippen LogP) is 4.09. The summed E-state index contributed by atoms with van der Waals surface area (Å²) in [5.74, 6) is 1.88. The van der Waals surface area contributed by atoms with E-state index in [1.54, 1.807) is 24.3 Å². The van der Waals surface area contributed by atoms with E-state index in [4.69, 9.17) is 23.4 Å². The summed E-state index contributed by atoms with van der Waals surface area (Å²) in [6.45, 7) is 4.47. The van der Waals surface area contributed by atoms with E-state index in [1.807, 2.05) is 26.0 Å². The highest BCUT2D eigenvalue weighted by molar-refractivity contribution is 5.97. The summed E-state index contributed by atoms with van der Waals surface area (Å²) >= 11 is 0. The van der Waals surface area contributed by atoms with Crippen LogP contribution in [0.15, 0.2) is 40.8 Å². The number of hydrogen-bond donors (Lipinski definition) is 0. The van der Waals surface area contributed by atoms with Crippen molar-refractivity contribution in [3.05, 3.63) is 47.7 Å². The van der Waals surface area contributed by atoms with Crippen LogP contribution in [0.3, 0.4) is 0 Å². The fourth-order valence-electron chi connectivity index (χ4n) is 2.74. The zero-order valence-electron chi connectivity index (χ0n) is 13.8. The molecule has 0 saturated carbocycles. The Hall–Kier alpha value is -3.15. The Balaban J connectivity index is 1.62. The van der Waals surface area contributed by atoms with Gasteiger partial charge in [0.25, 0.3) is 0 Å². The quantitative estimate of drug-likeness (QED) is 0.526. The topological polar surface area (TPSA) is 67.1 Å². The van der Waals surface area contributed by atoms with Gasteiger partial charge in [-0.15, -0.1) is 0 Å². The maximum atomic E-state index is 12.5. The highest BCUT2D eigenvalue weighted by Gasteiger charge is 2.21. The van der Waals surface area contributed by atoms with Crippen molar-refractivity contribution < 1.29 is 28.2 Å². The summed E-state index contributed by atoms with van der Waals surface area (Å²) in [5, 5.41) is 0.823. The second-order valence-corrected chi connectivity index (χ2v) is 5.55. The lowest BCUT2D eigenvalue weighted by Crippen LogP contribution is -2.08. The van der Waals surface area contributed by atoms with Gasteiger partial charge in [-0.2, -0.15) is 0 Å².